The molecule has 2 N–H and O–H groups in total. The highest BCUT2D eigenvalue weighted by Crippen LogP contribution is 2.18. The number of aromatic hydroxyl groups is 1. The molecule has 0 saturated carbocycles. The minimum Gasteiger partial charge on any atom is -0.507 e. The molecule has 1 amide bonds. The first-order chi connectivity index (χ1) is 8.16. The fourth-order valence-electron chi connectivity index (χ4n) is 1.34. The summed E-state index contributed by atoms with van der Waals surface area (Å²) in [6, 6.07) is 7.87. The van der Waals surface area contributed by atoms with Gasteiger partial charge in [0, 0.05) is 6.20 Å². The Kier molecular flexibility index (Phi) is 3.25. The number of carbonyl (C=O) groups excluding carboxylic acids is 1. The van der Waals surface area contributed by atoms with Crippen molar-refractivity contribution in [1.82, 2.24) is 4.98 Å². The van der Waals surface area contributed by atoms with Crippen LogP contribution in [0.2, 0.25) is 5.02 Å². The van der Waals surface area contributed by atoms with E-state index in [0.717, 1.165) is 0 Å². The number of anilines is 1. The number of benzene rings is 1. The fraction of sp³-hybridized carbons (Fsp3) is 0. The third kappa shape index (κ3) is 2.73. The van der Waals surface area contributed by atoms with Gasteiger partial charge in [0.05, 0.1) is 22.5 Å². The number of phenols is 1. The van der Waals surface area contributed by atoms with Gasteiger partial charge in [-0.15, -0.1) is 0 Å². The molecule has 1 aromatic heterocycles. The van der Waals surface area contributed by atoms with Gasteiger partial charge in [-0.3, -0.25) is 9.78 Å². The Hall–Kier alpha value is -2.07. The van der Waals surface area contributed by atoms with Crippen molar-refractivity contribution < 1.29 is 9.90 Å². The lowest BCUT2D eigenvalue weighted by Gasteiger charge is -2.06. The van der Waals surface area contributed by atoms with Crippen LogP contribution in [-0.2, 0) is 0 Å². The van der Waals surface area contributed by atoms with Crippen molar-refractivity contribution in [3.8, 4) is 5.75 Å². The van der Waals surface area contributed by atoms with Crippen LogP contribution < -0.4 is 5.32 Å². The number of para-hydroxylation sites is 1. The third-order valence-electron chi connectivity index (χ3n) is 2.11. The molecule has 86 valence electrons. The molecule has 0 bridgehead atoms. The summed E-state index contributed by atoms with van der Waals surface area (Å²) in [7, 11) is 0. The molecule has 0 radical (unpaired) electrons. The zero-order valence-corrected chi connectivity index (χ0v) is 9.48. The third-order valence-corrected chi connectivity index (χ3v) is 2.32. The van der Waals surface area contributed by atoms with E-state index in [4.69, 9.17) is 11.6 Å². The molecule has 1 heterocycles. The first kappa shape index (κ1) is 11.4. The van der Waals surface area contributed by atoms with Gasteiger partial charge in [-0.05, 0) is 18.2 Å². The minimum absolute atomic E-state index is 0.0695. The maximum Gasteiger partial charge on any atom is 0.259 e. The van der Waals surface area contributed by atoms with E-state index in [1.807, 2.05) is 0 Å². The van der Waals surface area contributed by atoms with Crippen molar-refractivity contribution in [3.05, 3.63) is 53.3 Å². The number of phenolic OH excluding ortho intramolecular Hbond substituents is 1. The predicted octanol–water partition coefficient (Wildman–Crippen LogP) is 2.69. The van der Waals surface area contributed by atoms with Gasteiger partial charge in [-0.25, -0.2) is 0 Å². The molecule has 17 heavy (non-hydrogen) atoms. The minimum atomic E-state index is -0.410. The van der Waals surface area contributed by atoms with Gasteiger partial charge in [0.15, 0.2) is 0 Å². The number of carbonyl (C=O) groups is 1. The van der Waals surface area contributed by atoms with E-state index in [1.54, 1.807) is 18.2 Å². The Morgan fingerprint density at radius 1 is 1.29 bits per heavy atom. The second kappa shape index (κ2) is 4.84. The number of nitrogens with zero attached hydrogens (tertiary/aromatic N) is 1. The van der Waals surface area contributed by atoms with Crippen LogP contribution in [0, 0.1) is 0 Å². The first-order valence-electron chi connectivity index (χ1n) is 4.87. The van der Waals surface area contributed by atoms with E-state index >= 15 is 0 Å². The molecule has 0 unspecified atom stereocenters. The van der Waals surface area contributed by atoms with Crippen molar-refractivity contribution in [2.45, 2.75) is 0 Å². The molecule has 5 heteroatoms. The van der Waals surface area contributed by atoms with Crippen molar-refractivity contribution in [2.75, 3.05) is 5.32 Å². The van der Waals surface area contributed by atoms with Gasteiger partial charge in [0.1, 0.15) is 5.75 Å². The predicted molar refractivity (Wildman–Crippen MR) is 65.3 cm³/mol. The van der Waals surface area contributed by atoms with Crippen molar-refractivity contribution in [1.29, 1.82) is 0 Å². The monoisotopic (exact) mass is 248 g/mol. The lowest BCUT2D eigenvalue weighted by atomic mass is 10.2. The molecule has 0 aliphatic carbocycles. The molecule has 2 aromatic rings. The molecular formula is C12H9ClN2O2. The summed E-state index contributed by atoms with van der Waals surface area (Å²) < 4.78 is 0. The standard InChI is InChI=1S/C12H9ClN2O2/c13-8-5-9(7-14-6-8)15-12(17)10-3-1-2-4-11(10)16/h1-7,16H,(H,15,17). The second-order valence-corrected chi connectivity index (χ2v) is 3.80. The van der Waals surface area contributed by atoms with Crippen molar-refractivity contribution >= 4 is 23.2 Å². The summed E-state index contributed by atoms with van der Waals surface area (Å²) in [6.45, 7) is 0. The van der Waals surface area contributed by atoms with Crippen LogP contribution in [-0.4, -0.2) is 16.0 Å². The fourth-order valence-corrected chi connectivity index (χ4v) is 1.52. The molecule has 0 saturated heterocycles. The summed E-state index contributed by atoms with van der Waals surface area (Å²) in [5.41, 5.74) is 0.679. The zero-order chi connectivity index (χ0) is 12.3. The maximum absolute atomic E-state index is 11.8. The number of halogens is 1. The van der Waals surface area contributed by atoms with Crippen molar-refractivity contribution in [2.24, 2.45) is 0 Å². The van der Waals surface area contributed by atoms with Crippen LogP contribution in [0.1, 0.15) is 10.4 Å². The van der Waals surface area contributed by atoms with Gasteiger partial charge >= 0.3 is 0 Å². The number of nitrogens with one attached hydrogen (secondary N) is 1. The number of aromatic nitrogens is 1. The van der Waals surface area contributed by atoms with Crippen LogP contribution in [0.15, 0.2) is 42.7 Å². The van der Waals surface area contributed by atoms with Gasteiger partial charge in [-0.1, -0.05) is 23.7 Å². The topological polar surface area (TPSA) is 62.2 Å². The van der Waals surface area contributed by atoms with Crippen LogP contribution in [0.25, 0.3) is 0 Å². The number of hydrogen-bond acceptors (Lipinski definition) is 3. The van der Waals surface area contributed by atoms with Crippen LogP contribution in [0.3, 0.4) is 0 Å². The SMILES string of the molecule is O=C(Nc1cncc(Cl)c1)c1ccccc1O. The Morgan fingerprint density at radius 3 is 2.76 bits per heavy atom. The van der Waals surface area contributed by atoms with Gasteiger partial charge in [0.25, 0.3) is 5.91 Å². The molecule has 0 aliphatic rings. The first-order valence-corrected chi connectivity index (χ1v) is 5.24. The van der Waals surface area contributed by atoms with E-state index in [0.29, 0.717) is 10.7 Å². The van der Waals surface area contributed by atoms with Gasteiger partial charge < -0.3 is 10.4 Å². The summed E-state index contributed by atoms with van der Waals surface area (Å²) in [6.07, 6.45) is 2.95. The molecule has 4 nitrogen and oxygen atoms in total. The summed E-state index contributed by atoms with van der Waals surface area (Å²) >= 11 is 5.74. The van der Waals surface area contributed by atoms with Gasteiger partial charge in [-0.2, -0.15) is 0 Å². The zero-order valence-electron chi connectivity index (χ0n) is 8.72. The molecule has 0 atom stereocenters. The number of pyridine rings is 1. The Balaban J connectivity index is 2.20. The second-order valence-electron chi connectivity index (χ2n) is 3.36. The number of hydrogen-bond donors (Lipinski definition) is 2. The van der Waals surface area contributed by atoms with E-state index in [1.165, 1.54) is 24.5 Å². The van der Waals surface area contributed by atoms with Gasteiger partial charge in [0.2, 0.25) is 0 Å². The summed E-state index contributed by atoms with van der Waals surface area (Å²) in [5.74, 6) is -0.479. The average molecular weight is 249 g/mol. The highest BCUT2D eigenvalue weighted by molar-refractivity contribution is 6.30. The maximum atomic E-state index is 11.8. The van der Waals surface area contributed by atoms with E-state index in [2.05, 4.69) is 10.3 Å². The van der Waals surface area contributed by atoms with Crippen LogP contribution >= 0.6 is 11.6 Å². The molecule has 2 rings (SSSR count). The lowest BCUT2D eigenvalue weighted by molar-refractivity contribution is 0.102. The quantitative estimate of drug-likeness (QED) is 0.859. The van der Waals surface area contributed by atoms with E-state index in [-0.39, 0.29) is 11.3 Å². The van der Waals surface area contributed by atoms with E-state index in [9.17, 15) is 9.90 Å². The van der Waals surface area contributed by atoms with Crippen molar-refractivity contribution in [3.63, 3.8) is 0 Å². The van der Waals surface area contributed by atoms with E-state index < -0.39 is 5.91 Å². The number of rotatable bonds is 2. The highest BCUT2D eigenvalue weighted by atomic mass is 35.5. The van der Waals surface area contributed by atoms with Crippen LogP contribution in [0.5, 0.6) is 5.75 Å². The molecule has 0 fully saturated rings. The largest absolute Gasteiger partial charge is 0.507 e. The molecular weight excluding hydrogens is 240 g/mol. The smallest absolute Gasteiger partial charge is 0.259 e. The number of amides is 1. The molecule has 1 aromatic carbocycles. The van der Waals surface area contributed by atoms with Crippen LogP contribution in [0.4, 0.5) is 5.69 Å². The molecule has 0 aliphatic heterocycles. The Labute approximate surface area is 103 Å². The Morgan fingerprint density at radius 2 is 2.06 bits per heavy atom. The highest BCUT2D eigenvalue weighted by Gasteiger charge is 2.10. The normalized spacial score (nSPS) is 9.94. The lowest BCUT2D eigenvalue weighted by Crippen LogP contribution is -2.12. The average Bonchev–Trinajstić information content (AvgIpc) is 2.29. The molecule has 0 spiro atoms. The Bertz CT molecular complexity index is 558. The summed E-state index contributed by atoms with van der Waals surface area (Å²) in [5, 5.41) is 12.5. The summed E-state index contributed by atoms with van der Waals surface area (Å²) in [4.78, 5) is 15.6.